The van der Waals surface area contributed by atoms with Gasteiger partial charge in [-0.1, -0.05) is 0 Å². The van der Waals surface area contributed by atoms with Crippen molar-refractivity contribution in [2.45, 2.75) is 17.4 Å². The zero-order chi connectivity index (χ0) is 21.2. The summed E-state index contributed by atoms with van der Waals surface area (Å²) in [7, 11) is -0.633. The predicted octanol–water partition coefficient (Wildman–Crippen LogP) is 0.100. The van der Waals surface area contributed by atoms with Crippen LogP contribution in [0.3, 0.4) is 0 Å². The molecule has 1 aliphatic rings. The fraction of sp³-hybridized carbons (Fsp3) is 0.400. The van der Waals surface area contributed by atoms with Gasteiger partial charge in [-0.3, -0.25) is 15.2 Å². The number of ether oxygens (including phenoxy) is 3. The number of carbonyl (C=O) groups excluding carboxylic acids is 2. The van der Waals surface area contributed by atoms with E-state index in [0.29, 0.717) is 10.7 Å². The molecule has 0 bridgehead atoms. The first-order valence-electron chi connectivity index (χ1n) is 8.25. The first-order chi connectivity index (χ1) is 13.8. The van der Waals surface area contributed by atoms with Gasteiger partial charge in [-0.15, -0.1) is 0 Å². The van der Waals surface area contributed by atoms with Crippen LogP contribution in [0.15, 0.2) is 17.3 Å². The molecule has 1 aliphatic heterocycles. The van der Waals surface area contributed by atoms with Crippen molar-refractivity contribution in [3.63, 3.8) is 0 Å². The van der Waals surface area contributed by atoms with E-state index in [1.807, 2.05) is 0 Å². The number of aromatic amines is 1. The number of carbonyl (C=O) groups is 2. The second kappa shape index (κ2) is 7.90. The Bertz CT molecular complexity index is 1020. The average molecular weight is 426 g/mol. The van der Waals surface area contributed by atoms with Gasteiger partial charge in [0.1, 0.15) is 0 Å². The summed E-state index contributed by atoms with van der Waals surface area (Å²) in [5.41, 5.74) is 0.131. The van der Waals surface area contributed by atoms with Crippen LogP contribution in [0.5, 0.6) is 11.8 Å². The number of aromatic nitrogens is 4. The first kappa shape index (κ1) is 20.3. The summed E-state index contributed by atoms with van der Waals surface area (Å²) in [6.45, 7) is 0.180. The zero-order valence-corrected chi connectivity index (χ0v) is 16.5. The molecule has 1 saturated heterocycles. The Balaban J connectivity index is 1.85. The topological polar surface area (TPSA) is 166 Å². The van der Waals surface area contributed by atoms with Gasteiger partial charge >= 0.3 is 12.0 Å². The highest BCUT2D eigenvalue weighted by atomic mass is 32.2. The molecule has 156 valence electrons. The Kier molecular flexibility index (Phi) is 5.54. The number of cyclic esters (lactones) is 1. The maximum atomic E-state index is 12.9. The molecule has 1 atom stereocenters. The molecule has 2 amide bonds. The van der Waals surface area contributed by atoms with Crippen molar-refractivity contribution in [1.29, 1.82) is 0 Å². The number of rotatable bonds is 6. The molecule has 1 unspecified atom stereocenters. The van der Waals surface area contributed by atoms with Gasteiger partial charge in [0.15, 0.2) is 0 Å². The van der Waals surface area contributed by atoms with Crippen LogP contribution in [0.25, 0.3) is 0 Å². The van der Waals surface area contributed by atoms with Crippen molar-refractivity contribution in [2.24, 2.45) is 0 Å². The van der Waals surface area contributed by atoms with Gasteiger partial charge in [-0.2, -0.15) is 23.5 Å². The lowest BCUT2D eigenvalue weighted by Gasteiger charge is -2.18. The highest BCUT2D eigenvalue weighted by molar-refractivity contribution is 7.89. The Labute approximate surface area is 165 Å². The van der Waals surface area contributed by atoms with Crippen LogP contribution in [0, 0.1) is 0 Å². The van der Waals surface area contributed by atoms with Crippen molar-refractivity contribution in [3.8, 4) is 11.8 Å². The zero-order valence-electron chi connectivity index (χ0n) is 15.7. The van der Waals surface area contributed by atoms with Gasteiger partial charge in [0.2, 0.25) is 22.7 Å². The largest absolute Gasteiger partial charge is 0.481 e. The number of H-pyrrole nitrogens is 1. The molecule has 0 aliphatic carbocycles. The lowest BCUT2D eigenvalue weighted by Crippen LogP contribution is -2.37. The third kappa shape index (κ3) is 3.91. The SMILES string of the molecule is COc1cc(OC)nc(NC(=O)N(C)S(=O)(=O)c2n[nH]cc2C2CCOC2=O)n1. The lowest BCUT2D eigenvalue weighted by atomic mass is 10.0. The second-order valence-electron chi connectivity index (χ2n) is 5.83. The summed E-state index contributed by atoms with van der Waals surface area (Å²) in [5, 5.41) is 7.95. The lowest BCUT2D eigenvalue weighted by molar-refractivity contribution is -0.139. The first-order valence-corrected chi connectivity index (χ1v) is 9.69. The third-order valence-corrected chi connectivity index (χ3v) is 5.85. The van der Waals surface area contributed by atoms with Crippen LogP contribution < -0.4 is 14.8 Å². The van der Waals surface area contributed by atoms with Gasteiger partial charge < -0.3 is 14.2 Å². The smallest absolute Gasteiger partial charge is 0.337 e. The fourth-order valence-electron chi connectivity index (χ4n) is 2.60. The summed E-state index contributed by atoms with van der Waals surface area (Å²) < 4.78 is 41.1. The van der Waals surface area contributed by atoms with Crippen molar-refractivity contribution in [2.75, 3.05) is 33.2 Å². The van der Waals surface area contributed by atoms with Crippen LogP contribution in [-0.2, 0) is 19.6 Å². The summed E-state index contributed by atoms with van der Waals surface area (Å²) in [4.78, 5) is 32.1. The Morgan fingerprint density at radius 3 is 2.52 bits per heavy atom. The molecule has 14 heteroatoms. The van der Waals surface area contributed by atoms with Crippen molar-refractivity contribution in [3.05, 3.63) is 17.8 Å². The highest BCUT2D eigenvalue weighted by Crippen LogP contribution is 2.31. The molecule has 2 aromatic heterocycles. The third-order valence-electron chi connectivity index (χ3n) is 4.15. The molecule has 1 fully saturated rings. The quantitative estimate of drug-likeness (QED) is 0.605. The molecule has 29 heavy (non-hydrogen) atoms. The molecule has 0 saturated carbocycles. The average Bonchev–Trinajstić information content (AvgIpc) is 3.35. The number of anilines is 1. The number of amides is 2. The molecule has 0 radical (unpaired) electrons. The standard InChI is InChI=1S/C15H18N6O7S/c1-21(15(23)19-14-17-10(26-2)6-11(18-14)27-3)29(24,25)12-9(7-16-20-12)8-4-5-28-13(8)22/h6-8H,4-5H2,1-3H3,(H,16,20)(H,17,18,19,23). The minimum absolute atomic E-state index is 0.104. The van der Waals surface area contributed by atoms with E-state index in [0.717, 1.165) is 7.05 Å². The molecule has 0 aromatic carbocycles. The number of nitrogens with zero attached hydrogens (tertiary/aromatic N) is 4. The highest BCUT2D eigenvalue weighted by Gasteiger charge is 2.38. The van der Waals surface area contributed by atoms with Crippen LogP contribution in [0.2, 0.25) is 0 Å². The number of hydrogen-bond acceptors (Lipinski definition) is 10. The van der Waals surface area contributed by atoms with Gasteiger partial charge in [-0.25, -0.2) is 9.10 Å². The van der Waals surface area contributed by atoms with Crippen LogP contribution in [0.1, 0.15) is 17.9 Å². The Morgan fingerprint density at radius 1 is 1.31 bits per heavy atom. The fourth-order valence-corrected chi connectivity index (χ4v) is 3.79. The summed E-state index contributed by atoms with van der Waals surface area (Å²) in [6, 6.07) is 0.329. The van der Waals surface area contributed by atoms with E-state index in [-0.39, 0.29) is 29.9 Å². The van der Waals surface area contributed by atoms with Crippen molar-refractivity contribution < 1.29 is 32.2 Å². The Morgan fingerprint density at radius 2 is 1.97 bits per heavy atom. The Hall–Kier alpha value is -3.42. The van der Waals surface area contributed by atoms with E-state index in [2.05, 4.69) is 25.5 Å². The van der Waals surface area contributed by atoms with E-state index in [1.165, 1.54) is 26.5 Å². The van der Waals surface area contributed by atoms with Crippen molar-refractivity contribution >= 4 is 28.0 Å². The van der Waals surface area contributed by atoms with Crippen LogP contribution in [0.4, 0.5) is 10.7 Å². The van der Waals surface area contributed by atoms with Gasteiger partial charge in [0.25, 0.3) is 10.0 Å². The van der Waals surface area contributed by atoms with E-state index in [9.17, 15) is 18.0 Å². The molecule has 2 N–H and O–H groups in total. The van der Waals surface area contributed by atoms with Crippen LogP contribution >= 0.6 is 0 Å². The molecule has 3 heterocycles. The van der Waals surface area contributed by atoms with Crippen molar-refractivity contribution in [1.82, 2.24) is 24.5 Å². The monoisotopic (exact) mass is 426 g/mol. The summed E-state index contributed by atoms with van der Waals surface area (Å²) >= 11 is 0. The second-order valence-corrected chi connectivity index (χ2v) is 7.72. The number of methoxy groups -OCH3 is 2. The van der Waals surface area contributed by atoms with E-state index in [4.69, 9.17) is 14.2 Å². The molecular formula is C15H18N6O7S. The van der Waals surface area contributed by atoms with E-state index < -0.39 is 33.0 Å². The molecular weight excluding hydrogens is 408 g/mol. The minimum atomic E-state index is -4.38. The van der Waals surface area contributed by atoms with Gasteiger partial charge in [-0.05, 0) is 6.42 Å². The molecule has 0 spiro atoms. The van der Waals surface area contributed by atoms with Gasteiger partial charge in [0.05, 0.1) is 32.8 Å². The maximum Gasteiger partial charge on any atom is 0.337 e. The number of sulfonamides is 1. The predicted molar refractivity (Wildman–Crippen MR) is 96.0 cm³/mol. The minimum Gasteiger partial charge on any atom is -0.481 e. The number of urea groups is 1. The van der Waals surface area contributed by atoms with E-state index >= 15 is 0 Å². The number of nitrogens with one attached hydrogen (secondary N) is 2. The molecule has 3 rings (SSSR count). The van der Waals surface area contributed by atoms with Gasteiger partial charge in [0, 0.05) is 18.8 Å². The summed E-state index contributed by atoms with van der Waals surface area (Å²) in [5.74, 6) is -1.35. The van der Waals surface area contributed by atoms with Crippen LogP contribution in [-0.4, -0.2) is 72.8 Å². The number of hydrogen-bond donors (Lipinski definition) is 2. The molecule has 2 aromatic rings. The maximum absolute atomic E-state index is 12.9. The normalized spacial score (nSPS) is 16.2. The number of esters is 1. The van der Waals surface area contributed by atoms with E-state index in [1.54, 1.807) is 0 Å². The summed E-state index contributed by atoms with van der Waals surface area (Å²) in [6.07, 6.45) is 1.61. The molecule has 13 nitrogen and oxygen atoms in total.